The number of hydrogen-bond donors (Lipinski definition) is 2. The SMILES string of the molecule is O=C(O)C1CSCN1C(=O)NC1CCN(C2CC2)C1. The summed E-state index contributed by atoms with van der Waals surface area (Å²) in [7, 11) is 0. The third-order valence-corrected chi connectivity index (χ3v) is 5.05. The zero-order chi connectivity index (χ0) is 13.4. The summed E-state index contributed by atoms with van der Waals surface area (Å²) in [4.78, 5) is 27.1. The fourth-order valence-electron chi connectivity index (χ4n) is 2.78. The molecule has 2 unspecified atom stereocenters. The number of hydrogen-bond acceptors (Lipinski definition) is 4. The number of carboxylic acid groups (broad SMARTS) is 1. The van der Waals surface area contributed by atoms with Gasteiger partial charge in [0.25, 0.3) is 0 Å². The van der Waals surface area contributed by atoms with Gasteiger partial charge in [0.15, 0.2) is 0 Å². The Bertz CT molecular complexity index is 388. The van der Waals surface area contributed by atoms with Crippen LogP contribution in [0.25, 0.3) is 0 Å². The Labute approximate surface area is 116 Å². The molecule has 1 saturated carbocycles. The lowest BCUT2D eigenvalue weighted by molar-refractivity contribution is -0.140. The molecule has 2 heterocycles. The monoisotopic (exact) mass is 285 g/mol. The van der Waals surface area contributed by atoms with Crippen LogP contribution in [0.15, 0.2) is 0 Å². The largest absolute Gasteiger partial charge is 0.480 e. The van der Waals surface area contributed by atoms with Gasteiger partial charge in [-0.25, -0.2) is 9.59 Å². The first kappa shape index (κ1) is 13.1. The molecule has 0 radical (unpaired) electrons. The highest BCUT2D eigenvalue weighted by molar-refractivity contribution is 7.99. The normalized spacial score (nSPS) is 31.7. The van der Waals surface area contributed by atoms with E-state index in [9.17, 15) is 9.59 Å². The molecule has 106 valence electrons. The highest BCUT2D eigenvalue weighted by Crippen LogP contribution is 2.30. The van der Waals surface area contributed by atoms with Crippen LogP contribution in [0.4, 0.5) is 4.79 Å². The Morgan fingerprint density at radius 2 is 2.05 bits per heavy atom. The summed E-state index contributed by atoms with van der Waals surface area (Å²) in [6, 6.07) is 0.00939. The van der Waals surface area contributed by atoms with E-state index < -0.39 is 12.0 Å². The Balaban J connectivity index is 1.52. The van der Waals surface area contributed by atoms with Gasteiger partial charge < -0.3 is 15.3 Å². The first-order valence-corrected chi connectivity index (χ1v) is 7.92. The number of carbonyl (C=O) groups is 2. The number of thioether (sulfide) groups is 1. The number of likely N-dealkylation sites (tertiary alicyclic amines) is 1. The summed E-state index contributed by atoms with van der Waals surface area (Å²) < 4.78 is 0. The molecule has 2 N–H and O–H groups in total. The van der Waals surface area contributed by atoms with E-state index in [1.54, 1.807) is 0 Å². The van der Waals surface area contributed by atoms with Gasteiger partial charge in [-0.1, -0.05) is 0 Å². The fourth-order valence-corrected chi connectivity index (χ4v) is 3.93. The number of carbonyl (C=O) groups excluding carboxylic acids is 1. The van der Waals surface area contributed by atoms with Gasteiger partial charge in [-0.15, -0.1) is 11.8 Å². The average molecular weight is 285 g/mol. The second kappa shape index (κ2) is 5.20. The van der Waals surface area contributed by atoms with Gasteiger partial charge in [-0.05, 0) is 19.3 Å². The number of nitrogens with one attached hydrogen (secondary N) is 1. The molecule has 3 fully saturated rings. The first-order chi connectivity index (χ1) is 9.15. The van der Waals surface area contributed by atoms with Crippen LogP contribution in [0.3, 0.4) is 0 Å². The van der Waals surface area contributed by atoms with Crippen molar-refractivity contribution in [1.82, 2.24) is 15.1 Å². The van der Waals surface area contributed by atoms with Crippen molar-refractivity contribution in [3.63, 3.8) is 0 Å². The van der Waals surface area contributed by atoms with Crippen molar-refractivity contribution in [3.05, 3.63) is 0 Å². The Hall–Kier alpha value is -0.950. The molecule has 3 rings (SSSR count). The molecule has 3 aliphatic rings. The molecule has 0 aromatic rings. The van der Waals surface area contributed by atoms with Crippen LogP contribution in [0.2, 0.25) is 0 Å². The number of rotatable bonds is 3. The number of nitrogens with zero attached hydrogens (tertiary/aromatic N) is 2. The quantitative estimate of drug-likeness (QED) is 0.785. The molecule has 2 atom stereocenters. The van der Waals surface area contributed by atoms with Crippen molar-refractivity contribution >= 4 is 23.8 Å². The van der Waals surface area contributed by atoms with Crippen molar-refractivity contribution < 1.29 is 14.7 Å². The lowest BCUT2D eigenvalue weighted by Gasteiger charge is -2.23. The third kappa shape index (κ3) is 2.81. The molecule has 7 heteroatoms. The Morgan fingerprint density at radius 1 is 1.26 bits per heavy atom. The van der Waals surface area contributed by atoms with Crippen LogP contribution >= 0.6 is 11.8 Å². The molecule has 0 aromatic heterocycles. The zero-order valence-electron chi connectivity index (χ0n) is 10.7. The third-order valence-electron chi connectivity index (χ3n) is 4.04. The highest BCUT2D eigenvalue weighted by atomic mass is 32.2. The standard InChI is InChI=1S/C12H19N3O3S/c16-11(17)10-6-19-7-15(10)12(18)13-8-3-4-14(5-8)9-1-2-9/h8-10H,1-7H2,(H,13,18)(H,16,17). The van der Waals surface area contributed by atoms with Gasteiger partial charge in [0.05, 0.1) is 5.88 Å². The molecule has 2 saturated heterocycles. The molecule has 0 spiro atoms. The van der Waals surface area contributed by atoms with E-state index >= 15 is 0 Å². The molecular weight excluding hydrogens is 266 g/mol. The van der Waals surface area contributed by atoms with Gasteiger partial charge in [0.2, 0.25) is 0 Å². The number of amides is 2. The number of carboxylic acids is 1. The Morgan fingerprint density at radius 3 is 2.74 bits per heavy atom. The van der Waals surface area contributed by atoms with Crippen molar-refractivity contribution in [2.75, 3.05) is 24.7 Å². The number of aliphatic carboxylic acids is 1. The van der Waals surface area contributed by atoms with E-state index in [-0.39, 0.29) is 12.1 Å². The van der Waals surface area contributed by atoms with Crippen LogP contribution in [0.5, 0.6) is 0 Å². The van der Waals surface area contributed by atoms with Crippen LogP contribution in [0, 0.1) is 0 Å². The van der Waals surface area contributed by atoms with Gasteiger partial charge in [-0.2, -0.15) is 0 Å². The molecule has 1 aliphatic carbocycles. The fraction of sp³-hybridized carbons (Fsp3) is 0.833. The van der Waals surface area contributed by atoms with Gasteiger partial charge in [0, 0.05) is 30.9 Å². The predicted octanol–water partition coefficient (Wildman–Crippen LogP) is 0.392. The minimum absolute atomic E-state index is 0.174. The van der Waals surface area contributed by atoms with Crippen LogP contribution in [-0.2, 0) is 4.79 Å². The molecule has 0 aromatic carbocycles. The molecular formula is C12H19N3O3S. The van der Waals surface area contributed by atoms with Crippen LogP contribution in [-0.4, -0.2) is 69.8 Å². The van der Waals surface area contributed by atoms with Crippen LogP contribution in [0.1, 0.15) is 19.3 Å². The highest BCUT2D eigenvalue weighted by Gasteiger charge is 2.38. The van der Waals surface area contributed by atoms with Crippen molar-refractivity contribution in [2.24, 2.45) is 0 Å². The van der Waals surface area contributed by atoms with Crippen molar-refractivity contribution in [1.29, 1.82) is 0 Å². The lowest BCUT2D eigenvalue weighted by atomic mass is 10.2. The Kier molecular flexibility index (Phi) is 3.58. The zero-order valence-corrected chi connectivity index (χ0v) is 11.6. The van der Waals surface area contributed by atoms with Gasteiger partial charge >= 0.3 is 12.0 Å². The van der Waals surface area contributed by atoms with Gasteiger partial charge in [-0.3, -0.25) is 4.90 Å². The smallest absolute Gasteiger partial charge is 0.327 e. The summed E-state index contributed by atoms with van der Waals surface area (Å²) in [5.74, 6) is 0.0508. The molecule has 0 bridgehead atoms. The van der Waals surface area contributed by atoms with Crippen LogP contribution < -0.4 is 5.32 Å². The summed E-state index contributed by atoms with van der Waals surface area (Å²) in [6.45, 7) is 1.96. The van der Waals surface area contributed by atoms with E-state index in [1.165, 1.54) is 29.5 Å². The van der Waals surface area contributed by atoms with Gasteiger partial charge in [0.1, 0.15) is 6.04 Å². The minimum atomic E-state index is -0.911. The molecule has 19 heavy (non-hydrogen) atoms. The van der Waals surface area contributed by atoms with E-state index in [0.717, 1.165) is 25.6 Å². The maximum atomic E-state index is 12.1. The minimum Gasteiger partial charge on any atom is -0.480 e. The lowest BCUT2D eigenvalue weighted by Crippen LogP contribution is -2.50. The van der Waals surface area contributed by atoms with E-state index in [0.29, 0.717) is 11.6 Å². The summed E-state index contributed by atoms with van der Waals surface area (Å²) in [5.41, 5.74) is 0. The molecule has 2 amide bonds. The average Bonchev–Trinajstić information content (AvgIpc) is 2.92. The van der Waals surface area contributed by atoms with Crippen molar-refractivity contribution in [2.45, 2.75) is 37.4 Å². The topological polar surface area (TPSA) is 72.9 Å². The maximum absolute atomic E-state index is 12.1. The molecule has 2 aliphatic heterocycles. The maximum Gasteiger partial charge on any atom is 0.327 e. The predicted molar refractivity (Wildman–Crippen MR) is 72.1 cm³/mol. The van der Waals surface area contributed by atoms with E-state index in [4.69, 9.17) is 5.11 Å². The van der Waals surface area contributed by atoms with E-state index in [2.05, 4.69) is 10.2 Å². The summed E-state index contributed by atoms with van der Waals surface area (Å²) >= 11 is 1.49. The van der Waals surface area contributed by atoms with E-state index in [1.807, 2.05) is 0 Å². The van der Waals surface area contributed by atoms with Crippen molar-refractivity contribution in [3.8, 4) is 0 Å². The summed E-state index contributed by atoms with van der Waals surface area (Å²) in [6.07, 6.45) is 3.54. The second-order valence-electron chi connectivity index (χ2n) is 5.48. The first-order valence-electron chi connectivity index (χ1n) is 6.77. The summed E-state index contributed by atoms with van der Waals surface area (Å²) in [5, 5.41) is 12.1. The number of urea groups is 1. The second-order valence-corrected chi connectivity index (χ2v) is 6.48. The molecule has 6 nitrogen and oxygen atoms in total.